The van der Waals surface area contributed by atoms with Gasteiger partial charge in [0.15, 0.2) is 0 Å². The summed E-state index contributed by atoms with van der Waals surface area (Å²) in [6, 6.07) is -0.771. The summed E-state index contributed by atoms with van der Waals surface area (Å²) in [7, 11) is 0. The Balaban J connectivity index is 0.000000247. The van der Waals surface area contributed by atoms with Crippen molar-refractivity contribution in [2.75, 3.05) is 0 Å². The molecule has 12 heavy (non-hydrogen) atoms. The third-order valence-corrected chi connectivity index (χ3v) is 1.52. The predicted molar refractivity (Wildman–Crippen MR) is 46.2 cm³/mol. The van der Waals surface area contributed by atoms with Crippen LogP contribution < -0.4 is 11.5 Å². The van der Waals surface area contributed by atoms with Crippen molar-refractivity contribution in [3.63, 3.8) is 0 Å². The summed E-state index contributed by atoms with van der Waals surface area (Å²) in [5.74, 6) is -0.620. The number of hydrogen-bond acceptors (Lipinski definition) is 3. The van der Waals surface area contributed by atoms with Gasteiger partial charge in [-0.3, -0.25) is 9.59 Å². The molecule has 1 rings (SSSR count). The molecule has 4 heteroatoms. The fourth-order valence-corrected chi connectivity index (χ4v) is 0.391. The highest BCUT2D eigenvalue weighted by Gasteiger charge is 2.13. The van der Waals surface area contributed by atoms with Crippen LogP contribution in [0.1, 0.15) is 26.7 Å². The van der Waals surface area contributed by atoms with Crippen LogP contribution in [0.2, 0.25) is 0 Å². The number of nitrogens with two attached hydrogens (primary N) is 2. The molecule has 1 saturated carbocycles. The van der Waals surface area contributed by atoms with E-state index in [1.54, 1.807) is 0 Å². The lowest BCUT2D eigenvalue weighted by atomic mass is 10.2. The maximum atomic E-state index is 10.2. The average molecular weight is 172 g/mol. The lowest BCUT2D eigenvalue weighted by Gasteiger charge is -1.95. The molecule has 0 bridgehead atoms. The van der Waals surface area contributed by atoms with E-state index < -0.39 is 17.7 Å². The lowest BCUT2D eigenvalue weighted by Crippen LogP contribution is -2.37. The van der Waals surface area contributed by atoms with Crippen molar-refractivity contribution >= 4 is 11.7 Å². The molecule has 1 fully saturated rings. The molecule has 0 saturated heterocycles. The number of carbonyl (C=O) groups is 2. The van der Waals surface area contributed by atoms with Crippen LogP contribution in [0.5, 0.6) is 0 Å². The van der Waals surface area contributed by atoms with Crippen LogP contribution in [0.25, 0.3) is 0 Å². The summed E-state index contributed by atoms with van der Waals surface area (Å²) in [6.45, 7) is 3.69. The van der Waals surface area contributed by atoms with E-state index in [4.69, 9.17) is 5.73 Å². The second-order valence-electron chi connectivity index (χ2n) is 3.20. The van der Waals surface area contributed by atoms with Crippen LogP contribution in [0.3, 0.4) is 0 Å². The summed E-state index contributed by atoms with van der Waals surface area (Å²) in [4.78, 5) is 20.2. The Morgan fingerprint density at radius 2 is 1.75 bits per heavy atom. The van der Waals surface area contributed by atoms with Gasteiger partial charge < -0.3 is 11.5 Å². The first-order valence-corrected chi connectivity index (χ1v) is 4.04. The van der Waals surface area contributed by atoms with E-state index in [0.29, 0.717) is 0 Å². The van der Waals surface area contributed by atoms with Crippen LogP contribution in [-0.4, -0.2) is 17.7 Å². The van der Waals surface area contributed by atoms with E-state index in [9.17, 15) is 9.59 Å². The maximum Gasteiger partial charge on any atom is 0.286 e. The van der Waals surface area contributed by atoms with Gasteiger partial charge in [-0.2, -0.15) is 0 Å². The zero-order valence-corrected chi connectivity index (χ0v) is 7.54. The van der Waals surface area contributed by atoms with Crippen molar-refractivity contribution in [3.05, 3.63) is 0 Å². The standard InChI is InChI=1S/C4H8N2O2.C4H8/c1-2(5)3(7)4(6)8;1-4-2-3-4/h2H,5H2,1H3,(H2,6,8);4H,2-3H2,1H3. The van der Waals surface area contributed by atoms with Crippen molar-refractivity contribution < 1.29 is 9.59 Å². The number of rotatable bonds is 2. The second kappa shape index (κ2) is 4.87. The summed E-state index contributed by atoms with van der Waals surface area (Å²) < 4.78 is 0. The molecule has 1 aliphatic carbocycles. The molecule has 0 radical (unpaired) electrons. The highest BCUT2D eigenvalue weighted by molar-refractivity contribution is 6.37. The predicted octanol–water partition coefficient (Wildman–Crippen LogP) is -0.196. The third kappa shape index (κ3) is 5.85. The molecular formula is C8H16N2O2. The van der Waals surface area contributed by atoms with Crippen molar-refractivity contribution in [1.82, 2.24) is 0 Å². The number of Topliss-reactive ketones (excluding diaryl/α,β-unsaturated/α-hetero) is 1. The van der Waals surface area contributed by atoms with Gasteiger partial charge in [0.05, 0.1) is 6.04 Å². The summed E-state index contributed by atoms with van der Waals surface area (Å²) in [5, 5.41) is 0. The Bertz CT molecular complexity index is 174. The highest BCUT2D eigenvalue weighted by atomic mass is 16.2. The minimum Gasteiger partial charge on any atom is -0.363 e. The van der Waals surface area contributed by atoms with Crippen molar-refractivity contribution in [2.24, 2.45) is 17.4 Å². The molecule has 1 unspecified atom stereocenters. The first-order valence-electron chi connectivity index (χ1n) is 4.04. The molecule has 0 aromatic rings. The summed E-state index contributed by atoms with van der Waals surface area (Å²) >= 11 is 0. The van der Waals surface area contributed by atoms with Gasteiger partial charge in [-0.1, -0.05) is 19.8 Å². The molecule has 0 heterocycles. The number of ketones is 1. The van der Waals surface area contributed by atoms with E-state index in [-0.39, 0.29) is 0 Å². The van der Waals surface area contributed by atoms with Gasteiger partial charge in [-0.15, -0.1) is 0 Å². The van der Waals surface area contributed by atoms with Crippen molar-refractivity contribution in [2.45, 2.75) is 32.7 Å². The van der Waals surface area contributed by atoms with E-state index in [2.05, 4.69) is 12.7 Å². The van der Waals surface area contributed by atoms with Crippen molar-refractivity contribution in [3.8, 4) is 0 Å². The molecule has 0 spiro atoms. The Hall–Kier alpha value is -0.900. The smallest absolute Gasteiger partial charge is 0.286 e. The molecule has 70 valence electrons. The quantitative estimate of drug-likeness (QED) is 0.566. The van der Waals surface area contributed by atoms with E-state index >= 15 is 0 Å². The van der Waals surface area contributed by atoms with Gasteiger partial charge in [0.2, 0.25) is 5.78 Å². The fourth-order valence-electron chi connectivity index (χ4n) is 0.391. The lowest BCUT2D eigenvalue weighted by molar-refractivity contribution is -0.136. The van der Waals surface area contributed by atoms with Crippen molar-refractivity contribution in [1.29, 1.82) is 0 Å². The number of primary amides is 1. The van der Waals surface area contributed by atoms with Crippen LogP contribution in [0.4, 0.5) is 0 Å². The van der Waals surface area contributed by atoms with E-state index in [0.717, 1.165) is 5.92 Å². The number of carbonyl (C=O) groups excluding carboxylic acids is 2. The SMILES string of the molecule is CC(N)C(=O)C(N)=O.CC1CC1. The van der Waals surface area contributed by atoms with Gasteiger partial charge in [0, 0.05) is 0 Å². The fraction of sp³-hybridized carbons (Fsp3) is 0.750. The number of amides is 1. The topological polar surface area (TPSA) is 86.2 Å². The zero-order valence-electron chi connectivity index (χ0n) is 7.54. The van der Waals surface area contributed by atoms with Crippen LogP contribution in [-0.2, 0) is 9.59 Å². The third-order valence-electron chi connectivity index (χ3n) is 1.52. The molecule has 0 aliphatic heterocycles. The van der Waals surface area contributed by atoms with E-state index in [1.165, 1.54) is 19.8 Å². The van der Waals surface area contributed by atoms with E-state index in [1.807, 2.05) is 0 Å². The Morgan fingerprint density at radius 3 is 1.75 bits per heavy atom. The monoisotopic (exact) mass is 172 g/mol. The van der Waals surface area contributed by atoms with Gasteiger partial charge in [-0.05, 0) is 12.8 Å². The first kappa shape index (κ1) is 11.1. The zero-order chi connectivity index (χ0) is 9.72. The van der Waals surface area contributed by atoms with Gasteiger partial charge in [0.25, 0.3) is 5.91 Å². The van der Waals surface area contributed by atoms with Gasteiger partial charge >= 0.3 is 0 Å². The van der Waals surface area contributed by atoms with Crippen LogP contribution in [0.15, 0.2) is 0 Å². The van der Waals surface area contributed by atoms with Gasteiger partial charge in [-0.25, -0.2) is 0 Å². The maximum absolute atomic E-state index is 10.2. The largest absolute Gasteiger partial charge is 0.363 e. The van der Waals surface area contributed by atoms with Crippen LogP contribution >= 0.6 is 0 Å². The normalized spacial score (nSPS) is 17.2. The molecule has 1 aliphatic rings. The molecular weight excluding hydrogens is 156 g/mol. The number of hydrogen-bond donors (Lipinski definition) is 2. The second-order valence-corrected chi connectivity index (χ2v) is 3.20. The molecule has 0 aromatic heterocycles. The Labute approximate surface area is 72.3 Å². The minimum atomic E-state index is -0.972. The highest BCUT2D eigenvalue weighted by Crippen LogP contribution is 2.26. The van der Waals surface area contributed by atoms with Crippen LogP contribution in [0, 0.1) is 5.92 Å². The summed E-state index contributed by atoms with van der Waals surface area (Å²) in [6.07, 6.45) is 2.97. The molecule has 4 N–H and O–H groups in total. The first-order chi connectivity index (χ1) is 5.45. The average Bonchev–Trinajstić information content (AvgIpc) is 2.71. The van der Waals surface area contributed by atoms with Gasteiger partial charge in [0.1, 0.15) is 0 Å². The molecule has 1 atom stereocenters. The molecule has 4 nitrogen and oxygen atoms in total. The molecule has 1 amide bonds. The summed E-state index contributed by atoms with van der Waals surface area (Å²) in [5.41, 5.74) is 9.55. The Kier molecular flexibility index (Phi) is 4.51. The molecule has 0 aromatic carbocycles. The Morgan fingerprint density at radius 1 is 1.42 bits per heavy atom. The minimum absolute atomic E-state index is 0.731.